The second-order valence-corrected chi connectivity index (χ2v) is 4.32. The number of amides is 1. The van der Waals surface area contributed by atoms with Crippen molar-refractivity contribution >= 4 is 11.6 Å². The summed E-state index contributed by atoms with van der Waals surface area (Å²) in [5.41, 5.74) is 6.64. The zero-order valence-corrected chi connectivity index (χ0v) is 11.1. The largest absolute Gasteiger partial charge is 0.350 e. The van der Waals surface area contributed by atoms with Crippen molar-refractivity contribution in [2.75, 3.05) is 0 Å². The van der Waals surface area contributed by atoms with Gasteiger partial charge in [0.15, 0.2) is 0 Å². The van der Waals surface area contributed by atoms with Crippen molar-refractivity contribution in [3.63, 3.8) is 0 Å². The standard InChI is InChI=1S/C12H14N6O3/c13-5-10-7-17(16-15-10)8-12(19)14-6-9-2-1-3-11(4-9)18(20)21/h1-4,7H,5-6,8,13H2,(H,14,19). The summed E-state index contributed by atoms with van der Waals surface area (Å²) in [4.78, 5) is 21.9. The summed E-state index contributed by atoms with van der Waals surface area (Å²) >= 11 is 0. The molecule has 0 fully saturated rings. The minimum atomic E-state index is -0.477. The minimum Gasteiger partial charge on any atom is -0.350 e. The Balaban J connectivity index is 1.89. The van der Waals surface area contributed by atoms with E-state index in [0.29, 0.717) is 11.3 Å². The lowest BCUT2D eigenvalue weighted by molar-refractivity contribution is -0.384. The normalized spacial score (nSPS) is 10.3. The average Bonchev–Trinajstić information content (AvgIpc) is 2.93. The number of nitrogens with one attached hydrogen (secondary N) is 1. The molecule has 0 aliphatic carbocycles. The molecule has 0 unspecified atom stereocenters. The van der Waals surface area contributed by atoms with E-state index < -0.39 is 4.92 Å². The van der Waals surface area contributed by atoms with Crippen LogP contribution in [-0.2, 0) is 24.4 Å². The first kappa shape index (κ1) is 14.6. The Labute approximate surface area is 119 Å². The highest BCUT2D eigenvalue weighted by Crippen LogP contribution is 2.12. The summed E-state index contributed by atoms with van der Waals surface area (Å²) in [6.07, 6.45) is 1.59. The molecule has 0 atom stereocenters. The molecular formula is C12H14N6O3. The topological polar surface area (TPSA) is 129 Å². The molecule has 2 rings (SSSR count). The van der Waals surface area contributed by atoms with Gasteiger partial charge in [-0.15, -0.1) is 5.10 Å². The zero-order chi connectivity index (χ0) is 15.2. The number of aromatic nitrogens is 3. The molecule has 0 spiro atoms. The summed E-state index contributed by atoms with van der Waals surface area (Å²) in [7, 11) is 0. The van der Waals surface area contributed by atoms with Crippen LogP contribution in [0, 0.1) is 10.1 Å². The molecule has 0 bridgehead atoms. The molecule has 3 N–H and O–H groups in total. The van der Waals surface area contributed by atoms with Crippen molar-refractivity contribution in [1.82, 2.24) is 20.3 Å². The van der Waals surface area contributed by atoms with Gasteiger partial charge in [-0.05, 0) is 5.56 Å². The van der Waals surface area contributed by atoms with Crippen LogP contribution < -0.4 is 11.1 Å². The van der Waals surface area contributed by atoms with E-state index in [9.17, 15) is 14.9 Å². The quantitative estimate of drug-likeness (QED) is 0.567. The zero-order valence-electron chi connectivity index (χ0n) is 11.1. The maximum absolute atomic E-state index is 11.7. The summed E-state index contributed by atoms with van der Waals surface area (Å²) in [5, 5.41) is 20.8. The van der Waals surface area contributed by atoms with Crippen molar-refractivity contribution in [1.29, 1.82) is 0 Å². The maximum Gasteiger partial charge on any atom is 0.269 e. The predicted octanol–water partition coefficient (Wildman–Crippen LogP) is -0.0386. The molecule has 21 heavy (non-hydrogen) atoms. The molecule has 0 aliphatic heterocycles. The number of nitro benzene ring substituents is 1. The third kappa shape index (κ3) is 4.08. The second-order valence-electron chi connectivity index (χ2n) is 4.32. The van der Waals surface area contributed by atoms with Gasteiger partial charge in [-0.1, -0.05) is 17.3 Å². The highest BCUT2D eigenvalue weighted by atomic mass is 16.6. The number of rotatable bonds is 6. The highest BCUT2D eigenvalue weighted by Gasteiger charge is 2.08. The van der Waals surface area contributed by atoms with E-state index >= 15 is 0 Å². The molecule has 2 aromatic rings. The van der Waals surface area contributed by atoms with Crippen molar-refractivity contribution < 1.29 is 9.72 Å². The maximum atomic E-state index is 11.7. The average molecular weight is 290 g/mol. The van der Waals surface area contributed by atoms with Crippen LogP contribution in [0.4, 0.5) is 5.69 Å². The van der Waals surface area contributed by atoms with E-state index in [1.165, 1.54) is 16.8 Å². The highest BCUT2D eigenvalue weighted by molar-refractivity contribution is 5.75. The lowest BCUT2D eigenvalue weighted by Gasteiger charge is -2.05. The van der Waals surface area contributed by atoms with Crippen LogP contribution in [0.25, 0.3) is 0 Å². The van der Waals surface area contributed by atoms with Crippen LogP contribution in [0.2, 0.25) is 0 Å². The fourth-order valence-electron chi connectivity index (χ4n) is 1.69. The number of hydrogen-bond donors (Lipinski definition) is 2. The van der Waals surface area contributed by atoms with Gasteiger partial charge in [-0.3, -0.25) is 14.9 Å². The molecule has 1 aromatic heterocycles. The minimum absolute atomic E-state index is 0.00869. The summed E-state index contributed by atoms with van der Waals surface area (Å²) < 4.78 is 1.38. The lowest BCUT2D eigenvalue weighted by atomic mass is 10.2. The van der Waals surface area contributed by atoms with Crippen LogP contribution in [0.15, 0.2) is 30.5 Å². The second kappa shape index (κ2) is 6.57. The van der Waals surface area contributed by atoms with E-state index in [-0.39, 0.29) is 31.2 Å². The molecule has 1 aromatic carbocycles. The molecule has 0 radical (unpaired) electrons. The molecule has 1 amide bonds. The van der Waals surface area contributed by atoms with Gasteiger partial charge in [-0.25, -0.2) is 4.68 Å². The molecule has 0 aliphatic rings. The van der Waals surface area contributed by atoms with Crippen molar-refractivity contribution in [3.05, 3.63) is 51.8 Å². The summed E-state index contributed by atoms with van der Waals surface area (Å²) in [6.45, 7) is 0.482. The first-order valence-electron chi connectivity index (χ1n) is 6.17. The summed E-state index contributed by atoms with van der Waals surface area (Å²) in [5.74, 6) is -0.269. The fourth-order valence-corrected chi connectivity index (χ4v) is 1.69. The van der Waals surface area contributed by atoms with Crippen LogP contribution in [0.5, 0.6) is 0 Å². The number of hydrogen-bond acceptors (Lipinski definition) is 6. The number of carbonyl (C=O) groups is 1. The Morgan fingerprint density at radius 3 is 2.95 bits per heavy atom. The van der Waals surface area contributed by atoms with Crippen LogP contribution in [0.1, 0.15) is 11.3 Å². The predicted molar refractivity (Wildman–Crippen MR) is 72.9 cm³/mol. The number of nitro groups is 1. The fraction of sp³-hybridized carbons (Fsp3) is 0.250. The van der Waals surface area contributed by atoms with E-state index in [0.717, 1.165) is 0 Å². The van der Waals surface area contributed by atoms with Gasteiger partial charge < -0.3 is 11.1 Å². The van der Waals surface area contributed by atoms with Gasteiger partial charge >= 0.3 is 0 Å². The van der Waals surface area contributed by atoms with Crippen LogP contribution in [-0.4, -0.2) is 25.8 Å². The number of benzene rings is 1. The molecule has 9 heteroatoms. The monoisotopic (exact) mass is 290 g/mol. The van der Waals surface area contributed by atoms with Crippen LogP contribution in [0.3, 0.4) is 0 Å². The Morgan fingerprint density at radius 2 is 2.29 bits per heavy atom. The van der Waals surface area contributed by atoms with Crippen molar-refractivity contribution in [3.8, 4) is 0 Å². The van der Waals surface area contributed by atoms with Gasteiger partial charge in [-0.2, -0.15) is 0 Å². The van der Waals surface area contributed by atoms with Gasteiger partial charge in [0.1, 0.15) is 6.54 Å². The molecule has 0 saturated carbocycles. The van der Waals surface area contributed by atoms with Gasteiger partial charge in [0.25, 0.3) is 5.69 Å². The van der Waals surface area contributed by atoms with E-state index in [2.05, 4.69) is 15.6 Å². The lowest BCUT2D eigenvalue weighted by Crippen LogP contribution is -2.27. The number of carbonyl (C=O) groups excluding carboxylic acids is 1. The molecule has 9 nitrogen and oxygen atoms in total. The number of nitrogens with zero attached hydrogens (tertiary/aromatic N) is 4. The van der Waals surface area contributed by atoms with Crippen molar-refractivity contribution in [2.24, 2.45) is 5.73 Å². The van der Waals surface area contributed by atoms with Gasteiger partial charge in [0, 0.05) is 25.2 Å². The SMILES string of the molecule is NCc1cn(CC(=O)NCc2cccc([N+](=O)[O-])c2)nn1. The molecule has 1 heterocycles. The first-order chi connectivity index (χ1) is 10.1. The molecular weight excluding hydrogens is 276 g/mol. The van der Waals surface area contributed by atoms with Crippen LogP contribution >= 0.6 is 0 Å². The Bertz CT molecular complexity index is 654. The van der Waals surface area contributed by atoms with E-state index in [1.807, 2.05) is 0 Å². The molecule has 110 valence electrons. The van der Waals surface area contributed by atoms with E-state index in [1.54, 1.807) is 18.3 Å². The third-order valence-electron chi connectivity index (χ3n) is 2.71. The Hall–Kier alpha value is -2.81. The van der Waals surface area contributed by atoms with Gasteiger partial charge in [0.2, 0.25) is 5.91 Å². The number of nitrogens with two attached hydrogens (primary N) is 1. The Morgan fingerprint density at radius 1 is 1.48 bits per heavy atom. The first-order valence-corrected chi connectivity index (χ1v) is 6.17. The van der Waals surface area contributed by atoms with E-state index in [4.69, 9.17) is 5.73 Å². The number of non-ortho nitro benzene ring substituents is 1. The van der Waals surface area contributed by atoms with Crippen molar-refractivity contribution in [2.45, 2.75) is 19.6 Å². The molecule has 0 saturated heterocycles. The summed E-state index contributed by atoms with van der Waals surface area (Å²) in [6, 6.07) is 6.09. The Kier molecular flexibility index (Phi) is 4.57. The third-order valence-corrected chi connectivity index (χ3v) is 2.71. The van der Waals surface area contributed by atoms with Gasteiger partial charge in [0.05, 0.1) is 16.8 Å². The smallest absolute Gasteiger partial charge is 0.269 e.